The maximum Gasteiger partial charge on any atom is 0.472 e. The van der Waals surface area contributed by atoms with E-state index in [1.54, 1.807) is 0 Å². The van der Waals surface area contributed by atoms with Gasteiger partial charge in [0.15, 0.2) is 0 Å². The van der Waals surface area contributed by atoms with Crippen molar-refractivity contribution >= 4 is 19.7 Å². The Kier molecular flexibility index (Phi) is 47.0. The number of allylic oxidation sites excluding steroid dienone is 3. The highest BCUT2D eigenvalue weighted by Gasteiger charge is 2.30. The number of nitrogens with one attached hydrogen (secondary N) is 1. The van der Waals surface area contributed by atoms with E-state index in [2.05, 4.69) is 38.2 Å². The van der Waals surface area contributed by atoms with Gasteiger partial charge in [0.2, 0.25) is 5.91 Å². The zero-order chi connectivity index (χ0) is 49.4. The van der Waals surface area contributed by atoms with Gasteiger partial charge in [0.05, 0.1) is 33.8 Å². The molecule has 3 atom stereocenters. The SMILES string of the molecule is CCCCCCCC/C=C\CCCCCC(=O)NC(COP(=O)(O)OCC[N+](C)(C)C)C(/C=C/CCCCCCCCCCC)OC(=O)CCCCCCCCCCCCCCCCCCC. The third-order valence-corrected chi connectivity index (χ3v) is 13.9. The number of phosphoric ester groups is 1. The van der Waals surface area contributed by atoms with Crippen LogP contribution in [0.2, 0.25) is 0 Å². The molecule has 9 nitrogen and oxygen atoms in total. The van der Waals surface area contributed by atoms with Crippen molar-refractivity contribution in [1.29, 1.82) is 0 Å². The molecule has 0 aliphatic carbocycles. The van der Waals surface area contributed by atoms with Gasteiger partial charge >= 0.3 is 13.8 Å². The minimum atomic E-state index is -4.44. The van der Waals surface area contributed by atoms with Gasteiger partial charge in [0, 0.05) is 12.8 Å². The zero-order valence-electron chi connectivity index (χ0n) is 45.2. The van der Waals surface area contributed by atoms with Crippen molar-refractivity contribution in [1.82, 2.24) is 5.32 Å². The van der Waals surface area contributed by atoms with Crippen LogP contribution in [-0.4, -0.2) is 74.3 Å². The summed E-state index contributed by atoms with van der Waals surface area (Å²) in [6.07, 6.45) is 54.6. The van der Waals surface area contributed by atoms with Crippen molar-refractivity contribution in [3.63, 3.8) is 0 Å². The molecule has 0 aromatic rings. The van der Waals surface area contributed by atoms with E-state index >= 15 is 0 Å². The summed E-state index contributed by atoms with van der Waals surface area (Å²) in [4.78, 5) is 37.5. The maximum absolute atomic E-state index is 13.4. The Hall–Kier alpha value is -1.51. The highest BCUT2D eigenvalue weighted by Crippen LogP contribution is 2.43. The Morgan fingerprint density at radius 3 is 1.28 bits per heavy atom. The fourth-order valence-electron chi connectivity index (χ4n) is 8.41. The van der Waals surface area contributed by atoms with Crippen LogP contribution in [-0.2, 0) is 27.9 Å². The molecule has 0 aliphatic heterocycles. The predicted octanol–water partition coefficient (Wildman–Crippen LogP) is 17.0. The van der Waals surface area contributed by atoms with Gasteiger partial charge in [0.1, 0.15) is 19.3 Å². The van der Waals surface area contributed by atoms with E-state index in [1.807, 2.05) is 33.3 Å². The van der Waals surface area contributed by atoms with E-state index in [4.69, 9.17) is 13.8 Å². The Bertz CT molecular complexity index is 1210. The smallest absolute Gasteiger partial charge is 0.456 e. The van der Waals surface area contributed by atoms with Gasteiger partial charge in [-0.25, -0.2) is 4.57 Å². The highest BCUT2D eigenvalue weighted by molar-refractivity contribution is 7.47. The Labute approximate surface area is 415 Å². The number of carbonyl (C=O) groups excluding carboxylic acids is 2. The molecule has 0 aliphatic rings. The minimum Gasteiger partial charge on any atom is -0.456 e. The summed E-state index contributed by atoms with van der Waals surface area (Å²) in [5.41, 5.74) is 0. The number of phosphoric acid groups is 1. The van der Waals surface area contributed by atoms with Gasteiger partial charge in [-0.05, 0) is 57.4 Å². The third-order valence-electron chi connectivity index (χ3n) is 12.9. The molecule has 0 radical (unpaired) electrons. The minimum absolute atomic E-state index is 0.0406. The molecule has 0 saturated carbocycles. The molecule has 3 unspecified atom stereocenters. The number of quaternary nitrogens is 1. The van der Waals surface area contributed by atoms with Gasteiger partial charge in [-0.3, -0.25) is 18.6 Å². The molecule has 0 spiro atoms. The normalized spacial score (nSPS) is 14.0. The monoisotopic (exact) mass is 968 g/mol. The van der Waals surface area contributed by atoms with Crippen LogP contribution in [0.4, 0.5) is 0 Å². The number of esters is 1. The van der Waals surface area contributed by atoms with Crippen LogP contribution < -0.4 is 5.32 Å². The maximum atomic E-state index is 13.4. The quantitative estimate of drug-likeness (QED) is 0.0205. The number of rotatable bonds is 52. The fourth-order valence-corrected chi connectivity index (χ4v) is 9.14. The molecule has 2 N–H and O–H groups in total. The van der Waals surface area contributed by atoms with Crippen LogP contribution in [0.5, 0.6) is 0 Å². The number of hydrogen-bond acceptors (Lipinski definition) is 6. The summed E-state index contributed by atoms with van der Waals surface area (Å²) >= 11 is 0. The number of likely N-dealkylation sites (N-methyl/N-ethyl adjacent to an activating group) is 1. The molecular weight excluding hydrogens is 856 g/mol. The lowest BCUT2D eigenvalue weighted by molar-refractivity contribution is -0.870. The molecule has 0 rings (SSSR count). The summed E-state index contributed by atoms with van der Waals surface area (Å²) < 4.78 is 30.6. The van der Waals surface area contributed by atoms with Gasteiger partial charge in [-0.2, -0.15) is 0 Å². The van der Waals surface area contributed by atoms with Crippen LogP contribution in [0.3, 0.4) is 0 Å². The Balaban J connectivity index is 5.30. The summed E-state index contributed by atoms with van der Waals surface area (Å²) in [6, 6.07) is -0.848. The molecular formula is C57H112N2O7P+. The molecule has 1 amide bonds. The van der Waals surface area contributed by atoms with E-state index in [0.29, 0.717) is 23.9 Å². The summed E-state index contributed by atoms with van der Waals surface area (Å²) in [5, 5.41) is 3.04. The second-order valence-corrected chi connectivity index (χ2v) is 22.3. The third kappa shape index (κ3) is 49.3. The second kappa shape index (κ2) is 48.1. The number of amides is 1. The van der Waals surface area contributed by atoms with E-state index in [0.717, 1.165) is 70.6 Å². The largest absolute Gasteiger partial charge is 0.472 e. The first-order chi connectivity index (χ1) is 32.4. The lowest BCUT2D eigenvalue weighted by Gasteiger charge is -2.27. The zero-order valence-corrected chi connectivity index (χ0v) is 46.1. The highest BCUT2D eigenvalue weighted by atomic mass is 31.2. The van der Waals surface area contributed by atoms with Crippen LogP contribution in [0.25, 0.3) is 0 Å². The standard InChI is InChI=1S/C57H111N2O7P/c1-7-10-13-16-19-22-25-27-28-29-30-32-35-38-41-44-47-50-57(61)66-55(48-45-42-39-36-33-24-21-18-15-12-9-3)54(53-65-67(62,63)64-52-51-59(4,5)6)58-56(60)49-46-43-40-37-34-31-26-23-20-17-14-11-8-2/h31,34,45,48,54-55H,7-30,32-33,35-44,46-47,49-53H2,1-6H3,(H-,58,60,62,63)/p+1/b34-31-,48-45+. The van der Waals surface area contributed by atoms with Crippen molar-refractivity contribution < 1.29 is 37.3 Å². The van der Waals surface area contributed by atoms with E-state index < -0.39 is 20.0 Å². The van der Waals surface area contributed by atoms with Gasteiger partial charge in [-0.15, -0.1) is 0 Å². The average Bonchev–Trinajstić information content (AvgIpc) is 3.28. The first-order valence-electron chi connectivity index (χ1n) is 28.7. The number of nitrogens with zero attached hydrogens (tertiary/aromatic N) is 1. The van der Waals surface area contributed by atoms with Crippen LogP contribution in [0, 0.1) is 0 Å². The van der Waals surface area contributed by atoms with Crippen molar-refractivity contribution in [2.24, 2.45) is 0 Å². The Morgan fingerprint density at radius 2 is 0.866 bits per heavy atom. The van der Waals surface area contributed by atoms with Gasteiger partial charge in [-0.1, -0.05) is 232 Å². The van der Waals surface area contributed by atoms with E-state index in [-0.39, 0.29) is 25.1 Å². The topological polar surface area (TPSA) is 111 Å². The predicted molar refractivity (Wildman–Crippen MR) is 286 cm³/mol. The fraction of sp³-hybridized carbons (Fsp3) is 0.895. The number of hydrogen-bond donors (Lipinski definition) is 2. The lowest BCUT2D eigenvalue weighted by Crippen LogP contribution is -2.47. The van der Waals surface area contributed by atoms with Crippen LogP contribution in [0.15, 0.2) is 24.3 Å². The molecule has 0 aromatic heterocycles. The first-order valence-corrected chi connectivity index (χ1v) is 30.2. The molecule has 396 valence electrons. The molecule has 0 fully saturated rings. The average molecular weight is 969 g/mol. The Morgan fingerprint density at radius 1 is 0.507 bits per heavy atom. The summed E-state index contributed by atoms with van der Waals surface area (Å²) in [6.45, 7) is 7.01. The van der Waals surface area contributed by atoms with Crippen molar-refractivity contribution in [2.75, 3.05) is 40.9 Å². The first kappa shape index (κ1) is 65.5. The second-order valence-electron chi connectivity index (χ2n) is 20.8. The molecule has 0 bridgehead atoms. The lowest BCUT2D eigenvalue weighted by atomic mass is 10.0. The number of ether oxygens (including phenoxy) is 1. The van der Waals surface area contributed by atoms with Crippen molar-refractivity contribution in [3.05, 3.63) is 24.3 Å². The number of unbranched alkanes of at least 4 members (excludes halogenated alkanes) is 34. The van der Waals surface area contributed by atoms with Crippen molar-refractivity contribution in [3.8, 4) is 0 Å². The van der Waals surface area contributed by atoms with Crippen LogP contribution >= 0.6 is 7.82 Å². The van der Waals surface area contributed by atoms with E-state index in [9.17, 15) is 19.0 Å². The molecule has 67 heavy (non-hydrogen) atoms. The summed E-state index contributed by atoms with van der Waals surface area (Å²) in [7, 11) is 1.50. The van der Waals surface area contributed by atoms with E-state index in [1.165, 1.54) is 173 Å². The molecule has 0 saturated heterocycles. The van der Waals surface area contributed by atoms with Gasteiger partial charge in [0.25, 0.3) is 0 Å². The molecule has 0 heterocycles. The molecule has 0 aromatic carbocycles. The number of carbonyl (C=O) groups is 2. The van der Waals surface area contributed by atoms with Crippen molar-refractivity contribution in [2.45, 2.75) is 290 Å². The summed E-state index contributed by atoms with van der Waals surface area (Å²) in [5.74, 6) is -0.513. The van der Waals surface area contributed by atoms with Gasteiger partial charge < -0.3 is 19.4 Å². The molecule has 10 heteroatoms. The van der Waals surface area contributed by atoms with Crippen LogP contribution in [0.1, 0.15) is 278 Å².